The smallest absolute Gasteiger partial charge is 0.260 e. The zero-order chi connectivity index (χ0) is 24.2. The fourth-order valence-electron chi connectivity index (χ4n) is 3.68. The predicted octanol–water partition coefficient (Wildman–Crippen LogP) is 4.65. The number of fused-ring (bicyclic) bond motifs is 1. The van der Waals surface area contributed by atoms with Crippen molar-refractivity contribution in [1.29, 1.82) is 0 Å². The molecule has 0 aliphatic heterocycles. The maximum Gasteiger partial charge on any atom is 0.260 e. The molecule has 9 heteroatoms. The average molecular weight is 471 g/mol. The minimum absolute atomic E-state index is 0.197. The number of halogens is 1. The van der Waals surface area contributed by atoms with Crippen LogP contribution in [0, 0.1) is 5.82 Å². The lowest BCUT2D eigenvalue weighted by Gasteiger charge is -2.11. The zero-order valence-electron chi connectivity index (χ0n) is 18.8. The van der Waals surface area contributed by atoms with E-state index in [9.17, 15) is 9.18 Å². The van der Waals surface area contributed by atoms with Crippen LogP contribution in [0.5, 0.6) is 11.5 Å². The van der Waals surface area contributed by atoms with E-state index in [1.54, 1.807) is 7.11 Å². The summed E-state index contributed by atoms with van der Waals surface area (Å²) < 4.78 is 24.8. The first-order valence-electron chi connectivity index (χ1n) is 10.9. The topological polar surface area (TPSA) is 105 Å². The standard InChI is InChI=1S/C26H22FN5O3/c1-34-24-13-19(35-15-16-5-3-2-4-6-16)8-9-20(24)23-12-18(31-32-23)14-28-26-29-22-10-7-17(27)11-21(22)25(33)30-26/h2-13H,14-15H2,1H3,(H,31,32)(H2,28,29,30,33). The molecule has 176 valence electrons. The molecule has 0 saturated heterocycles. The molecule has 0 spiro atoms. The Morgan fingerprint density at radius 1 is 1.03 bits per heavy atom. The van der Waals surface area contributed by atoms with Crippen molar-refractivity contribution in [3.8, 4) is 22.8 Å². The Bertz CT molecular complexity index is 1530. The number of rotatable bonds is 8. The Balaban J connectivity index is 1.28. The second-order valence-electron chi connectivity index (χ2n) is 7.84. The molecular formula is C26H22FN5O3. The molecule has 0 bridgehead atoms. The zero-order valence-corrected chi connectivity index (χ0v) is 18.8. The van der Waals surface area contributed by atoms with Gasteiger partial charge in [0.15, 0.2) is 0 Å². The molecule has 0 fully saturated rings. The van der Waals surface area contributed by atoms with Crippen LogP contribution in [0.4, 0.5) is 10.3 Å². The Morgan fingerprint density at radius 3 is 2.71 bits per heavy atom. The number of aromatic nitrogens is 4. The van der Waals surface area contributed by atoms with Crippen molar-refractivity contribution in [3.63, 3.8) is 0 Å². The molecule has 3 aromatic carbocycles. The Morgan fingerprint density at radius 2 is 1.89 bits per heavy atom. The van der Waals surface area contributed by atoms with Gasteiger partial charge in [0, 0.05) is 11.6 Å². The maximum absolute atomic E-state index is 13.4. The van der Waals surface area contributed by atoms with E-state index in [0.29, 0.717) is 35.9 Å². The molecular weight excluding hydrogens is 449 g/mol. The minimum atomic E-state index is -0.485. The molecule has 0 radical (unpaired) electrons. The average Bonchev–Trinajstić information content (AvgIpc) is 3.36. The van der Waals surface area contributed by atoms with Gasteiger partial charge in [-0.05, 0) is 42.0 Å². The molecule has 0 aliphatic rings. The largest absolute Gasteiger partial charge is 0.496 e. The van der Waals surface area contributed by atoms with Gasteiger partial charge in [-0.15, -0.1) is 0 Å². The quantitative estimate of drug-likeness (QED) is 0.304. The van der Waals surface area contributed by atoms with Gasteiger partial charge in [0.05, 0.1) is 35.9 Å². The summed E-state index contributed by atoms with van der Waals surface area (Å²) in [6, 6.07) is 21.3. The molecule has 8 nitrogen and oxygen atoms in total. The van der Waals surface area contributed by atoms with Crippen molar-refractivity contribution in [2.75, 3.05) is 12.4 Å². The van der Waals surface area contributed by atoms with E-state index in [1.165, 1.54) is 12.1 Å². The number of ether oxygens (including phenoxy) is 2. The van der Waals surface area contributed by atoms with Crippen LogP contribution in [-0.2, 0) is 13.2 Å². The molecule has 0 amide bonds. The third kappa shape index (κ3) is 4.98. The summed E-state index contributed by atoms with van der Waals surface area (Å²) in [5.41, 5.74) is 3.34. The van der Waals surface area contributed by atoms with Crippen LogP contribution in [0.2, 0.25) is 0 Å². The molecule has 5 rings (SSSR count). The lowest BCUT2D eigenvalue weighted by molar-refractivity contribution is 0.304. The number of hydrogen-bond donors (Lipinski definition) is 3. The number of aromatic amines is 2. The summed E-state index contributed by atoms with van der Waals surface area (Å²) >= 11 is 0. The van der Waals surface area contributed by atoms with Crippen LogP contribution in [-0.4, -0.2) is 27.3 Å². The van der Waals surface area contributed by atoms with E-state index in [-0.39, 0.29) is 11.3 Å². The molecule has 3 N–H and O–H groups in total. The number of H-pyrrole nitrogens is 2. The van der Waals surface area contributed by atoms with Gasteiger partial charge in [-0.3, -0.25) is 14.9 Å². The SMILES string of the molecule is COc1cc(OCc2ccccc2)ccc1-c1cc(CNc2nc3ccc(F)cc3c(=O)[nH]2)[nH]n1. The fourth-order valence-corrected chi connectivity index (χ4v) is 3.68. The van der Waals surface area contributed by atoms with E-state index >= 15 is 0 Å². The van der Waals surface area contributed by atoms with Gasteiger partial charge in [-0.25, -0.2) is 9.37 Å². The molecule has 2 aromatic heterocycles. The third-order valence-corrected chi connectivity index (χ3v) is 5.44. The summed E-state index contributed by atoms with van der Waals surface area (Å²) in [6.45, 7) is 0.796. The number of nitrogens with zero attached hydrogens (tertiary/aromatic N) is 2. The number of methoxy groups -OCH3 is 1. The van der Waals surface area contributed by atoms with Crippen LogP contribution in [0.3, 0.4) is 0 Å². The van der Waals surface area contributed by atoms with E-state index in [4.69, 9.17) is 9.47 Å². The lowest BCUT2D eigenvalue weighted by Crippen LogP contribution is -2.13. The van der Waals surface area contributed by atoms with Gasteiger partial charge >= 0.3 is 0 Å². The summed E-state index contributed by atoms with van der Waals surface area (Å²) in [7, 11) is 1.60. The molecule has 0 unspecified atom stereocenters. The van der Waals surface area contributed by atoms with E-state index in [1.807, 2.05) is 54.6 Å². The van der Waals surface area contributed by atoms with Gasteiger partial charge < -0.3 is 14.8 Å². The van der Waals surface area contributed by atoms with Crippen molar-refractivity contribution < 1.29 is 13.9 Å². The molecule has 0 atom stereocenters. The Hall–Kier alpha value is -4.66. The first-order valence-corrected chi connectivity index (χ1v) is 10.9. The second kappa shape index (κ2) is 9.68. The number of benzene rings is 3. The van der Waals surface area contributed by atoms with E-state index < -0.39 is 11.4 Å². The first-order chi connectivity index (χ1) is 17.1. The van der Waals surface area contributed by atoms with Crippen molar-refractivity contribution >= 4 is 16.9 Å². The van der Waals surface area contributed by atoms with Crippen LogP contribution >= 0.6 is 0 Å². The second-order valence-corrected chi connectivity index (χ2v) is 7.84. The molecule has 35 heavy (non-hydrogen) atoms. The van der Waals surface area contributed by atoms with E-state index in [0.717, 1.165) is 22.9 Å². The van der Waals surface area contributed by atoms with Gasteiger partial charge in [0.25, 0.3) is 5.56 Å². The van der Waals surface area contributed by atoms with Gasteiger partial charge in [-0.1, -0.05) is 30.3 Å². The van der Waals surface area contributed by atoms with Crippen LogP contribution in [0.25, 0.3) is 22.2 Å². The van der Waals surface area contributed by atoms with Gasteiger partial charge in [-0.2, -0.15) is 5.10 Å². The van der Waals surface area contributed by atoms with Crippen molar-refractivity contribution in [1.82, 2.24) is 20.2 Å². The predicted molar refractivity (Wildman–Crippen MR) is 131 cm³/mol. The highest BCUT2D eigenvalue weighted by Crippen LogP contribution is 2.33. The Labute approximate surface area is 199 Å². The van der Waals surface area contributed by atoms with Crippen LogP contribution < -0.4 is 20.3 Å². The molecule has 2 heterocycles. The number of anilines is 1. The summed E-state index contributed by atoms with van der Waals surface area (Å²) in [5, 5.41) is 10.6. The maximum atomic E-state index is 13.4. The number of nitrogens with one attached hydrogen (secondary N) is 3. The lowest BCUT2D eigenvalue weighted by atomic mass is 10.1. The fraction of sp³-hybridized carbons (Fsp3) is 0.115. The minimum Gasteiger partial charge on any atom is -0.496 e. The van der Waals surface area contributed by atoms with Crippen molar-refractivity contribution in [2.24, 2.45) is 0 Å². The summed E-state index contributed by atoms with van der Waals surface area (Å²) in [5.74, 6) is 1.12. The van der Waals surface area contributed by atoms with Crippen molar-refractivity contribution in [2.45, 2.75) is 13.2 Å². The van der Waals surface area contributed by atoms with E-state index in [2.05, 4.69) is 25.5 Å². The highest BCUT2D eigenvalue weighted by atomic mass is 19.1. The van der Waals surface area contributed by atoms with Crippen LogP contribution in [0.1, 0.15) is 11.3 Å². The Kier molecular flexibility index (Phi) is 6.13. The first kappa shape index (κ1) is 22.1. The molecule has 5 aromatic rings. The third-order valence-electron chi connectivity index (χ3n) is 5.44. The number of hydrogen-bond acceptors (Lipinski definition) is 6. The normalized spacial score (nSPS) is 10.9. The summed E-state index contributed by atoms with van der Waals surface area (Å²) in [6.07, 6.45) is 0. The molecule has 0 aliphatic carbocycles. The van der Waals surface area contributed by atoms with Crippen LogP contribution in [0.15, 0.2) is 77.6 Å². The molecule has 0 saturated carbocycles. The highest BCUT2D eigenvalue weighted by Gasteiger charge is 2.12. The van der Waals surface area contributed by atoms with Crippen molar-refractivity contribution in [3.05, 3.63) is 100 Å². The monoisotopic (exact) mass is 471 g/mol. The summed E-state index contributed by atoms with van der Waals surface area (Å²) in [4.78, 5) is 19.2. The highest BCUT2D eigenvalue weighted by molar-refractivity contribution is 5.78. The van der Waals surface area contributed by atoms with Gasteiger partial charge in [0.1, 0.15) is 23.9 Å². The van der Waals surface area contributed by atoms with Gasteiger partial charge in [0.2, 0.25) is 5.95 Å².